The van der Waals surface area contributed by atoms with Crippen LogP contribution in [0.3, 0.4) is 0 Å². The van der Waals surface area contributed by atoms with Crippen LogP contribution in [0.4, 0.5) is 11.4 Å². The molecular formula is C19H21N5O2. The first kappa shape index (κ1) is 16.5. The van der Waals surface area contributed by atoms with Crippen LogP contribution in [0.5, 0.6) is 0 Å². The number of amides is 2. The third kappa shape index (κ3) is 3.12. The van der Waals surface area contributed by atoms with Gasteiger partial charge in [-0.3, -0.25) is 14.6 Å². The maximum atomic E-state index is 12.6. The number of nitrogens with one attached hydrogen (secondary N) is 2. The Balaban J connectivity index is 1.37. The lowest BCUT2D eigenvalue weighted by atomic mass is 9.95. The second kappa shape index (κ2) is 6.74. The molecule has 2 aromatic heterocycles. The van der Waals surface area contributed by atoms with E-state index in [1.165, 1.54) is 5.69 Å². The van der Waals surface area contributed by atoms with Crippen LogP contribution in [0, 0.1) is 12.8 Å². The Labute approximate surface area is 151 Å². The van der Waals surface area contributed by atoms with Crippen molar-refractivity contribution in [3.8, 4) is 0 Å². The van der Waals surface area contributed by atoms with Gasteiger partial charge in [0.2, 0.25) is 5.91 Å². The Morgan fingerprint density at radius 3 is 2.88 bits per heavy atom. The van der Waals surface area contributed by atoms with E-state index in [2.05, 4.69) is 32.4 Å². The van der Waals surface area contributed by atoms with E-state index in [4.69, 9.17) is 0 Å². The van der Waals surface area contributed by atoms with Gasteiger partial charge in [-0.15, -0.1) is 0 Å². The Kier molecular flexibility index (Phi) is 4.28. The number of hydrogen-bond acceptors (Lipinski definition) is 5. The predicted octanol–water partition coefficient (Wildman–Crippen LogP) is 1.88. The normalized spacial score (nSPS) is 17.0. The lowest BCUT2D eigenvalue weighted by Gasteiger charge is -2.33. The standard InChI is InChI=1S/C19H21N5O2/c1-12-9-20-5-2-16(12)24-6-3-13(4-7-24)18(25)23-15-8-14-10-22-19(26)17(14)21-11-15/h2,5,8-9,11,13H,3-4,6-7,10H2,1H3,(H,22,26)(H,23,25). The first-order chi connectivity index (χ1) is 12.6. The second-order valence-corrected chi connectivity index (χ2v) is 6.83. The van der Waals surface area contributed by atoms with Crippen LogP contribution in [-0.4, -0.2) is 34.9 Å². The van der Waals surface area contributed by atoms with Crippen molar-refractivity contribution >= 4 is 23.2 Å². The molecule has 0 aromatic carbocycles. The molecule has 2 aromatic rings. The molecule has 2 aliphatic heterocycles. The predicted molar refractivity (Wildman–Crippen MR) is 97.9 cm³/mol. The highest BCUT2D eigenvalue weighted by atomic mass is 16.2. The zero-order chi connectivity index (χ0) is 18.1. The van der Waals surface area contributed by atoms with Crippen LogP contribution >= 0.6 is 0 Å². The van der Waals surface area contributed by atoms with Crippen molar-refractivity contribution in [3.63, 3.8) is 0 Å². The SMILES string of the molecule is Cc1cnccc1N1CCC(C(=O)Nc2cnc3c(c2)CNC3=O)CC1. The first-order valence-electron chi connectivity index (χ1n) is 8.85. The Morgan fingerprint density at radius 1 is 1.31 bits per heavy atom. The van der Waals surface area contributed by atoms with Gasteiger partial charge in [-0.25, -0.2) is 4.98 Å². The molecule has 0 atom stereocenters. The van der Waals surface area contributed by atoms with Crippen molar-refractivity contribution in [2.75, 3.05) is 23.3 Å². The van der Waals surface area contributed by atoms with E-state index in [1.807, 2.05) is 24.5 Å². The minimum Gasteiger partial charge on any atom is -0.371 e. The number of piperidine rings is 1. The zero-order valence-corrected chi connectivity index (χ0v) is 14.7. The number of aryl methyl sites for hydroxylation is 1. The number of anilines is 2. The van der Waals surface area contributed by atoms with Crippen molar-refractivity contribution in [1.82, 2.24) is 15.3 Å². The number of fused-ring (bicyclic) bond motifs is 1. The highest BCUT2D eigenvalue weighted by Gasteiger charge is 2.26. The highest BCUT2D eigenvalue weighted by Crippen LogP contribution is 2.26. The third-order valence-corrected chi connectivity index (χ3v) is 5.09. The molecule has 0 radical (unpaired) electrons. The summed E-state index contributed by atoms with van der Waals surface area (Å²) in [6, 6.07) is 3.86. The number of carbonyl (C=O) groups is 2. The second-order valence-electron chi connectivity index (χ2n) is 6.83. The summed E-state index contributed by atoms with van der Waals surface area (Å²) in [5, 5.41) is 5.68. The molecular weight excluding hydrogens is 330 g/mol. The maximum Gasteiger partial charge on any atom is 0.270 e. The number of carbonyl (C=O) groups excluding carboxylic acids is 2. The Morgan fingerprint density at radius 2 is 2.12 bits per heavy atom. The maximum absolute atomic E-state index is 12.6. The monoisotopic (exact) mass is 351 g/mol. The lowest BCUT2D eigenvalue weighted by Crippen LogP contribution is -2.38. The minimum atomic E-state index is -0.156. The molecule has 2 amide bonds. The molecule has 26 heavy (non-hydrogen) atoms. The molecule has 7 heteroatoms. The first-order valence-corrected chi connectivity index (χ1v) is 8.85. The van der Waals surface area contributed by atoms with E-state index in [9.17, 15) is 9.59 Å². The fourth-order valence-electron chi connectivity index (χ4n) is 3.62. The van der Waals surface area contributed by atoms with Gasteiger partial charge in [0.05, 0.1) is 11.9 Å². The van der Waals surface area contributed by atoms with Gasteiger partial charge in [-0.1, -0.05) is 0 Å². The quantitative estimate of drug-likeness (QED) is 0.882. The number of rotatable bonds is 3. The summed E-state index contributed by atoms with van der Waals surface area (Å²) in [4.78, 5) is 34.8. The molecule has 134 valence electrons. The Hall–Kier alpha value is -2.96. The van der Waals surface area contributed by atoms with Crippen LogP contribution in [0.15, 0.2) is 30.7 Å². The summed E-state index contributed by atoms with van der Waals surface area (Å²) in [6.45, 7) is 4.23. The molecule has 1 saturated heterocycles. The lowest BCUT2D eigenvalue weighted by molar-refractivity contribution is -0.120. The van der Waals surface area contributed by atoms with Gasteiger partial charge in [0.15, 0.2) is 0 Å². The van der Waals surface area contributed by atoms with Crippen molar-refractivity contribution in [3.05, 3.63) is 47.5 Å². The topological polar surface area (TPSA) is 87.2 Å². The number of hydrogen-bond donors (Lipinski definition) is 2. The fourth-order valence-corrected chi connectivity index (χ4v) is 3.62. The molecule has 4 rings (SSSR count). The molecule has 7 nitrogen and oxygen atoms in total. The van der Waals surface area contributed by atoms with Gasteiger partial charge in [-0.2, -0.15) is 0 Å². The average molecular weight is 351 g/mol. The molecule has 0 unspecified atom stereocenters. The van der Waals surface area contributed by atoms with Crippen molar-refractivity contribution in [1.29, 1.82) is 0 Å². The van der Waals surface area contributed by atoms with Gasteiger partial charge in [0, 0.05) is 49.2 Å². The van der Waals surface area contributed by atoms with E-state index >= 15 is 0 Å². The molecule has 2 aliphatic rings. The van der Waals surface area contributed by atoms with Crippen LogP contribution < -0.4 is 15.5 Å². The van der Waals surface area contributed by atoms with Crippen LogP contribution in [0.1, 0.15) is 34.5 Å². The van der Waals surface area contributed by atoms with Crippen molar-refractivity contribution < 1.29 is 9.59 Å². The number of pyridine rings is 2. The minimum absolute atomic E-state index is 0.0126. The summed E-state index contributed by atoms with van der Waals surface area (Å²) in [7, 11) is 0. The van der Waals surface area contributed by atoms with Crippen LogP contribution in [0.25, 0.3) is 0 Å². The van der Waals surface area contributed by atoms with Gasteiger partial charge in [0.25, 0.3) is 5.91 Å². The summed E-state index contributed by atoms with van der Waals surface area (Å²) in [6.07, 6.45) is 6.85. The molecule has 0 aliphatic carbocycles. The summed E-state index contributed by atoms with van der Waals surface area (Å²) >= 11 is 0. The molecule has 2 N–H and O–H groups in total. The summed E-state index contributed by atoms with van der Waals surface area (Å²) in [5.41, 5.74) is 4.28. The van der Waals surface area contributed by atoms with Gasteiger partial charge in [-0.05, 0) is 37.5 Å². The molecule has 4 heterocycles. The number of aromatic nitrogens is 2. The van der Waals surface area contributed by atoms with Crippen molar-refractivity contribution in [2.45, 2.75) is 26.3 Å². The van der Waals surface area contributed by atoms with Crippen molar-refractivity contribution in [2.24, 2.45) is 5.92 Å². The van der Waals surface area contributed by atoms with Crippen LogP contribution in [-0.2, 0) is 11.3 Å². The van der Waals surface area contributed by atoms with Gasteiger partial charge < -0.3 is 15.5 Å². The number of nitrogens with zero attached hydrogens (tertiary/aromatic N) is 3. The summed E-state index contributed by atoms with van der Waals surface area (Å²) < 4.78 is 0. The Bertz CT molecular complexity index is 859. The van der Waals surface area contributed by atoms with E-state index in [1.54, 1.807) is 6.20 Å². The zero-order valence-electron chi connectivity index (χ0n) is 14.7. The van der Waals surface area contributed by atoms with Crippen LogP contribution in [0.2, 0.25) is 0 Å². The van der Waals surface area contributed by atoms with E-state index in [-0.39, 0.29) is 17.7 Å². The molecule has 0 bridgehead atoms. The molecule has 1 fully saturated rings. The van der Waals surface area contributed by atoms with E-state index in [0.29, 0.717) is 17.9 Å². The highest BCUT2D eigenvalue weighted by molar-refractivity contribution is 5.97. The fraction of sp³-hybridized carbons (Fsp3) is 0.368. The van der Waals surface area contributed by atoms with E-state index in [0.717, 1.165) is 37.1 Å². The molecule has 0 saturated carbocycles. The van der Waals surface area contributed by atoms with E-state index < -0.39 is 0 Å². The summed E-state index contributed by atoms with van der Waals surface area (Å²) in [5.74, 6) is -0.145. The third-order valence-electron chi connectivity index (χ3n) is 5.09. The molecule has 0 spiro atoms. The van der Waals surface area contributed by atoms with Gasteiger partial charge >= 0.3 is 0 Å². The van der Waals surface area contributed by atoms with Gasteiger partial charge in [0.1, 0.15) is 5.69 Å². The smallest absolute Gasteiger partial charge is 0.270 e. The largest absolute Gasteiger partial charge is 0.371 e. The average Bonchev–Trinajstić information content (AvgIpc) is 3.03.